The summed E-state index contributed by atoms with van der Waals surface area (Å²) in [5.41, 5.74) is 2.37. The Labute approximate surface area is 236 Å². The molecule has 2 aromatic heterocycles. The SMILES string of the molecule is CNC(=O)c1ccc(-c2ccc3c(c2)nc(-c2ccccc2C(F)(F)F)n3-c2ccc3c(c2)n(C)c(=O)n3C)cc1F. The number of nitrogens with one attached hydrogen (secondary N) is 1. The van der Waals surface area contributed by atoms with Crippen LogP contribution in [-0.4, -0.2) is 31.6 Å². The first-order valence-corrected chi connectivity index (χ1v) is 12.9. The topological polar surface area (TPSA) is 73.8 Å². The molecule has 7 nitrogen and oxygen atoms in total. The molecule has 212 valence electrons. The van der Waals surface area contributed by atoms with E-state index in [9.17, 15) is 27.2 Å². The van der Waals surface area contributed by atoms with Crippen LogP contribution < -0.4 is 11.0 Å². The van der Waals surface area contributed by atoms with Crippen molar-refractivity contribution >= 4 is 28.0 Å². The van der Waals surface area contributed by atoms with Crippen LogP contribution in [0.5, 0.6) is 0 Å². The van der Waals surface area contributed by atoms with Gasteiger partial charge in [-0.2, -0.15) is 13.2 Å². The van der Waals surface area contributed by atoms with Crippen LogP contribution in [0.2, 0.25) is 0 Å². The molecule has 6 aromatic rings. The number of carbonyl (C=O) groups is 1. The average molecular weight is 574 g/mol. The fourth-order valence-corrected chi connectivity index (χ4v) is 5.27. The molecule has 4 aromatic carbocycles. The highest BCUT2D eigenvalue weighted by molar-refractivity contribution is 5.95. The van der Waals surface area contributed by atoms with Gasteiger partial charge < -0.3 is 5.32 Å². The third kappa shape index (κ3) is 4.25. The molecular weight excluding hydrogens is 550 g/mol. The van der Waals surface area contributed by atoms with Gasteiger partial charge in [-0.15, -0.1) is 0 Å². The summed E-state index contributed by atoms with van der Waals surface area (Å²) in [6.07, 6.45) is -4.64. The number of rotatable bonds is 4. The lowest BCUT2D eigenvalue weighted by atomic mass is 10.0. The van der Waals surface area contributed by atoms with Crippen LogP contribution in [0.4, 0.5) is 17.6 Å². The van der Waals surface area contributed by atoms with Crippen LogP contribution >= 0.6 is 0 Å². The monoisotopic (exact) mass is 573 g/mol. The van der Waals surface area contributed by atoms with Crippen LogP contribution in [0.25, 0.3) is 50.3 Å². The van der Waals surface area contributed by atoms with Gasteiger partial charge in [0.15, 0.2) is 0 Å². The van der Waals surface area contributed by atoms with Crippen molar-refractivity contribution < 1.29 is 22.4 Å². The molecule has 0 fully saturated rings. The minimum atomic E-state index is -4.64. The fourth-order valence-electron chi connectivity index (χ4n) is 5.27. The number of hydrogen-bond acceptors (Lipinski definition) is 3. The smallest absolute Gasteiger partial charge is 0.355 e. The molecule has 0 saturated heterocycles. The number of amides is 1. The van der Waals surface area contributed by atoms with Gasteiger partial charge in [-0.25, -0.2) is 14.2 Å². The summed E-state index contributed by atoms with van der Waals surface area (Å²) in [5.74, 6) is -1.22. The number of aromatic nitrogens is 4. The molecule has 0 unspecified atom stereocenters. The van der Waals surface area contributed by atoms with Crippen molar-refractivity contribution in [3.05, 3.63) is 106 Å². The van der Waals surface area contributed by atoms with Crippen LogP contribution in [0.1, 0.15) is 15.9 Å². The van der Waals surface area contributed by atoms with Gasteiger partial charge in [-0.05, 0) is 59.7 Å². The summed E-state index contributed by atoms with van der Waals surface area (Å²) in [4.78, 5) is 29.1. The lowest BCUT2D eigenvalue weighted by molar-refractivity contribution is -0.137. The molecule has 0 bridgehead atoms. The Morgan fingerprint density at radius 3 is 2.21 bits per heavy atom. The van der Waals surface area contributed by atoms with Gasteiger partial charge >= 0.3 is 11.9 Å². The molecule has 0 radical (unpaired) electrons. The highest BCUT2D eigenvalue weighted by Crippen LogP contribution is 2.39. The van der Waals surface area contributed by atoms with E-state index >= 15 is 0 Å². The summed E-state index contributed by atoms with van der Waals surface area (Å²) >= 11 is 0. The minimum absolute atomic E-state index is 0.0523. The Morgan fingerprint density at radius 2 is 1.50 bits per heavy atom. The van der Waals surface area contributed by atoms with E-state index in [1.807, 2.05) is 0 Å². The standard InChI is InChI=1S/C31H23F4N5O2/c1-36-29(41)21-11-8-17(14-23(21)32)18-9-12-25-24(15-18)37-28(20-6-4-5-7-22(20)31(33,34)35)40(25)19-10-13-26-27(16-19)39(3)30(42)38(26)2/h4-16H,1-3H3,(H,36,41). The van der Waals surface area contributed by atoms with Gasteiger partial charge in [-0.1, -0.05) is 30.3 Å². The highest BCUT2D eigenvalue weighted by atomic mass is 19.4. The predicted octanol–water partition coefficient (Wildman–Crippen LogP) is 6.07. The zero-order chi connectivity index (χ0) is 29.9. The summed E-state index contributed by atoms with van der Waals surface area (Å²) in [7, 11) is 4.68. The molecule has 0 aliphatic heterocycles. The van der Waals surface area contributed by atoms with Gasteiger partial charge in [0.2, 0.25) is 0 Å². The number of hydrogen-bond donors (Lipinski definition) is 1. The van der Waals surface area contributed by atoms with Crippen LogP contribution in [0.3, 0.4) is 0 Å². The molecule has 11 heteroatoms. The molecular formula is C31H23F4N5O2. The Morgan fingerprint density at radius 1 is 0.833 bits per heavy atom. The number of benzene rings is 4. The number of imidazole rings is 2. The van der Waals surface area contributed by atoms with Crippen LogP contribution in [-0.2, 0) is 20.3 Å². The predicted molar refractivity (Wildman–Crippen MR) is 152 cm³/mol. The number of nitrogens with zero attached hydrogens (tertiary/aromatic N) is 4. The molecule has 0 saturated carbocycles. The average Bonchev–Trinajstić information content (AvgIpc) is 3.46. The van der Waals surface area contributed by atoms with E-state index in [4.69, 9.17) is 0 Å². The second kappa shape index (κ2) is 9.72. The zero-order valence-corrected chi connectivity index (χ0v) is 22.6. The van der Waals surface area contributed by atoms with Gasteiger partial charge in [-0.3, -0.25) is 18.5 Å². The largest absolute Gasteiger partial charge is 0.417 e. The summed E-state index contributed by atoms with van der Waals surface area (Å²) in [6.45, 7) is 0. The van der Waals surface area contributed by atoms with Crippen molar-refractivity contribution in [2.24, 2.45) is 14.1 Å². The number of carbonyl (C=O) groups excluding carboxylic acids is 1. The Balaban J connectivity index is 1.61. The third-order valence-electron chi connectivity index (χ3n) is 7.42. The second-order valence-electron chi connectivity index (χ2n) is 9.87. The maximum absolute atomic E-state index is 14.7. The number of fused-ring (bicyclic) bond motifs is 2. The Kier molecular flexibility index (Phi) is 6.25. The number of halogens is 4. The van der Waals surface area contributed by atoms with Crippen molar-refractivity contribution in [3.63, 3.8) is 0 Å². The lowest BCUT2D eigenvalue weighted by Crippen LogP contribution is -2.19. The van der Waals surface area contributed by atoms with E-state index in [2.05, 4.69) is 10.3 Å². The molecule has 0 aliphatic rings. The summed E-state index contributed by atoms with van der Waals surface area (Å²) in [5, 5.41) is 2.39. The van der Waals surface area contributed by atoms with Gasteiger partial charge in [0, 0.05) is 32.4 Å². The lowest BCUT2D eigenvalue weighted by Gasteiger charge is -2.15. The maximum Gasteiger partial charge on any atom is 0.417 e. The first kappa shape index (κ1) is 27.0. The van der Waals surface area contributed by atoms with Gasteiger partial charge in [0.05, 0.1) is 33.2 Å². The molecule has 42 heavy (non-hydrogen) atoms. The van der Waals surface area contributed by atoms with Crippen molar-refractivity contribution in [2.45, 2.75) is 6.18 Å². The molecule has 2 heterocycles. The van der Waals surface area contributed by atoms with Crippen LogP contribution in [0.15, 0.2) is 83.7 Å². The second-order valence-corrected chi connectivity index (χ2v) is 9.87. The molecule has 6 rings (SSSR count). The van der Waals surface area contributed by atoms with Crippen molar-refractivity contribution in [1.82, 2.24) is 24.0 Å². The maximum atomic E-state index is 14.7. The van der Waals surface area contributed by atoms with E-state index in [0.717, 1.165) is 6.07 Å². The molecule has 0 atom stereocenters. The molecule has 0 aliphatic carbocycles. The molecule has 1 N–H and O–H groups in total. The normalized spacial score (nSPS) is 11.9. The van der Waals surface area contributed by atoms with Crippen molar-refractivity contribution in [1.29, 1.82) is 0 Å². The van der Waals surface area contributed by atoms with Gasteiger partial charge in [0.1, 0.15) is 11.6 Å². The third-order valence-corrected chi connectivity index (χ3v) is 7.42. The molecule has 1 amide bonds. The zero-order valence-electron chi connectivity index (χ0n) is 22.6. The Bertz CT molecular complexity index is 2100. The fraction of sp³-hybridized carbons (Fsp3) is 0.129. The quantitative estimate of drug-likeness (QED) is 0.260. The Hall–Kier alpha value is -5.19. The number of alkyl halides is 3. The number of aryl methyl sites for hydroxylation is 2. The summed E-state index contributed by atoms with van der Waals surface area (Å²) in [6, 6.07) is 19.7. The van der Waals surface area contributed by atoms with E-state index in [0.29, 0.717) is 38.9 Å². The van der Waals surface area contributed by atoms with Crippen molar-refractivity contribution in [2.75, 3.05) is 7.05 Å². The highest BCUT2D eigenvalue weighted by Gasteiger charge is 2.35. The van der Waals surface area contributed by atoms with E-state index in [1.165, 1.54) is 46.5 Å². The van der Waals surface area contributed by atoms with E-state index < -0.39 is 23.5 Å². The first-order valence-electron chi connectivity index (χ1n) is 12.9. The van der Waals surface area contributed by atoms with E-state index in [-0.39, 0.29) is 22.6 Å². The van der Waals surface area contributed by atoms with Crippen molar-refractivity contribution in [3.8, 4) is 28.2 Å². The van der Waals surface area contributed by atoms with E-state index in [1.54, 1.807) is 61.1 Å². The summed E-state index contributed by atoms with van der Waals surface area (Å²) < 4.78 is 61.7. The van der Waals surface area contributed by atoms with Crippen LogP contribution in [0, 0.1) is 5.82 Å². The first-order chi connectivity index (χ1) is 20.0. The minimum Gasteiger partial charge on any atom is -0.355 e. The van der Waals surface area contributed by atoms with Gasteiger partial charge in [0.25, 0.3) is 5.91 Å². The molecule has 0 spiro atoms.